The smallest absolute Gasteiger partial charge is 0.429 e. The van der Waals surface area contributed by atoms with Crippen LogP contribution in [0.4, 0.5) is 23.4 Å². The third-order valence-electron chi connectivity index (χ3n) is 5.50. The van der Waals surface area contributed by atoms with E-state index < -0.39 is 60.1 Å². The molecule has 1 saturated heterocycles. The van der Waals surface area contributed by atoms with Gasteiger partial charge in [-0.3, -0.25) is 4.68 Å². The van der Waals surface area contributed by atoms with Crippen molar-refractivity contribution in [3.05, 3.63) is 59.3 Å². The molecule has 1 aliphatic heterocycles. The average Bonchev–Trinajstić information content (AvgIpc) is 3.32. The number of benzene rings is 1. The van der Waals surface area contributed by atoms with Crippen molar-refractivity contribution >= 4 is 5.82 Å². The highest BCUT2D eigenvalue weighted by Gasteiger charge is 2.45. The SMILES string of the molecule is [2H]C([2H])([2H])c1ccc(F)c(C([2H])([2H])[2H])c1C(Oc1cc(-c2cnn(C3CCNCC3)c2)cnc1N)C(F)(F)F. The van der Waals surface area contributed by atoms with E-state index in [9.17, 15) is 17.6 Å². The van der Waals surface area contributed by atoms with E-state index in [0.717, 1.165) is 32.0 Å². The van der Waals surface area contributed by atoms with Gasteiger partial charge in [-0.2, -0.15) is 18.3 Å². The zero-order chi connectivity index (χ0) is 28.8. The molecule has 0 bridgehead atoms. The van der Waals surface area contributed by atoms with E-state index in [1.807, 2.05) is 0 Å². The molecule has 1 fully saturated rings. The number of aryl methyl sites for hydroxylation is 1. The molecule has 10 heteroatoms. The van der Waals surface area contributed by atoms with Crippen molar-refractivity contribution in [3.63, 3.8) is 0 Å². The van der Waals surface area contributed by atoms with Crippen molar-refractivity contribution in [1.82, 2.24) is 20.1 Å². The van der Waals surface area contributed by atoms with Gasteiger partial charge in [0.2, 0.25) is 6.10 Å². The topological polar surface area (TPSA) is 78.0 Å². The standard InChI is InChI=1S/C23H25F4N5O/c1-13-3-4-18(24)14(2)20(13)21(23(25,26)27)33-19-9-15(10-30-22(19)28)16-11-31-32(12-16)17-5-7-29-8-6-17/h3-4,9-12,17,21,29H,5-8H2,1-2H3,(H2,28,30)/i1D3,2D3. The van der Waals surface area contributed by atoms with Crippen LogP contribution < -0.4 is 15.8 Å². The van der Waals surface area contributed by atoms with E-state index in [1.54, 1.807) is 10.9 Å². The first kappa shape index (κ1) is 16.5. The van der Waals surface area contributed by atoms with E-state index >= 15 is 0 Å². The van der Waals surface area contributed by atoms with E-state index in [4.69, 9.17) is 18.7 Å². The van der Waals surface area contributed by atoms with Crippen LogP contribution in [-0.2, 0) is 0 Å². The van der Waals surface area contributed by atoms with E-state index in [0.29, 0.717) is 23.3 Å². The van der Waals surface area contributed by atoms with Crippen molar-refractivity contribution in [2.45, 2.75) is 44.9 Å². The van der Waals surface area contributed by atoms with Crippen LogP contribution in [0.25, 0.3) is 11.1 Å². The Labute approximate surface area is 197 Å². The number of nitrogens with two attached hydrogens (primary N) is 1. The molecular formula is C23H25F4N5O. The Morgan fingerprint density at radius 1 is 1.21 bits per heavy atom. The Morgan fingerprint density at radius 3 is 2.70 bits per heavy atom. The predicted octanol–water partition coefficient (Wildman–Crippen LogP) is 4.89. The molecule has 3 aromatic rings. The van der Waals surface area contributed by atoms with E-state index in [-0.39, 0.29) is 6.04 Å². The lowest BCUT2D eigenvalue weighted by molar-refractivity contribution is -0.198. The Balaban J connectivity index is 1.80. The number of hydrogen-bond acceptors (Lipinski definition) is 5. The van der Waals surface area contributed by atoms with Gasteiger partial charge in [0.25, 0.3) is 0 Å². The third kappa shape index (κ3) is 4.80. The minimum Gasteiger partial charge on any atom is -0.472 e. The highest BCUT2D eigenvalue weighted by atomic mass is 19.4. The van der Waals surface area contributed by atoms with Gasteiger partial charge < -0.3 is 15.8 Å². The van der Waals surface area contributed by atoms with Crippen molar-refractivity contribution in [2.24, 2.45) is 0 Å². The minimum absolute atomic E-state index is 0.136. The lowest BCUT2D eigenvalue weighted by Crippen LogP contribution is -2.29. The maximum absolute atomic E-state index is 14.7. The maximum atomic E-state index is 14.7. The molecule has 1 unspecified atom stereocenters. The molecule has 0 radical (unpaired) electrons. The normalized spacial score (nSPS) is 19.5. The molecule has 0 spiro atoms. The predicted molar refractivity (Wildman–Crippen MR) is 116 cm³/mol. The number of aromatic nitrogens is 3. The van der Waals surface area contributed by atoms with Gasteiger partial charge in [0.05, 0.1) is 12.2 Å². The molecule has 6 nitrogen and oxygen atoms in total. The summed E-state index contributed by atoms with van der Waals surface area (Å²) in [6.45, 7) is -5.01. The summed E-state index contributed by atoms with van der Waals surface area (Å²) in [6.07, 6.45) is -2.35. The van der Waals surface area contributed by atoms with Crippen molar-refractivity contribution in [3.8, 4) is 16.9 Å². The summed E-state index contributed by atoms with van der Waals surface area (Å²) >= 11 is 0. The molecule has 0 aliphatic carbocycles. The van der Waals surface area contributed by atoms with Crippen LogP contribution in [0.15, 0.2) is 36.8 Å². The summed E-state index contributed by atoms with van der Waals surface area (Å²) in [5, 5.41) is 7.59. The van der Waals surface area contributed by atoms with E-state index in [2.05, 4.69) is 15.4 Å². The molecule has 33 heavy (non-hydrogen) atoms. The van der Waals surface area contributed by atoms with Gasteiger partial charge in [-0.15, -0.1) is 0 Å². The number of pyridine rings is 1. The fourth-order valence-electron chi connectivity index (χ4n) is 3.75. The molecular weight excluding hydrogens is 438 g/mol. The number of nitrogen functional groups attached to an aromatic ring is 1. The Kier molecular flexibility index (Phi) is 4.50. The number of nitrogens with zero attached hydrogens (tertiary/aromatic N) is 3. The Hall–Kier alpha value is -3.14. The lowest BCUT2D eigenvalue weighted by atomic mass is 9.97. The average molecular weight is 470 g/mol. The summed E-state index contributed by atoms with van der Waals surface area (Å²) in [7, 11) is 0. The number of anilines is 1. The summed E-state index contributed by atoms with van der Waals surface area (Å²) < 4.78 is 111. The van der Waals surface area contributed by atoms with Gasteiger partial charge >= 0.3 is 6.18 Å². The summed E-state index contributed by atoms with van der Waals surface area (Å²) in [4.78, 5) is 3.91. The number of halogens is 4. The quantitative estimate of drug-likeness (QED) is 0.521. The van der Waals surface area contributed by atoms with Crippen LogP contribution in [0.1, 0.15) is 49.9 Å². The number of rotatable bonds is 5. The third-order valence-corrected chi connectivity index (χ3v) is 5.50. The Morgan fingerprint density at radius 2 is 2.00 bits per heavy atom. The van der Waals surface area contributed by atoms with E-state index in [1.165, 1.54) is 12.4 Å². The fourth-order valence-corrected chi connectivity index (χ4v) is 3.75. The first-order valence-electron chi connectivity index (χ1n) is 13.1. The highest BCUT2D eigenvalue weighted by Crippen LogP contribution is 2.41. The molecule has 176 valence electrons. The molecule has 3 heterocycles. The van der Waals surface area contributed by atoms with Gasteiger partial charge in [-0.05, 0) is 62.9 Å². The summed E-state index contributed by atoms with van der Waals surface area (Å²) in [5.74, 6) is -2.59. The molecule has 1 aromatic carbocycles. The van der Waals surface area contributed by atoms with Crippen LogP contribution >= 0.6 is 0 Å². The minimum atomic E-state index is -5.36. The van der Waals surface area contributed by atoms with Crippen molar-refractivity contribution < 1.29 is 30.5 Å². The van der Waals surface area contributed by atoms with Crippen LogP contribution in [0.3, 0.4) is 0 Å². The van der Waals surface area contributed by atoms with Crippen LogP contribution in [0.5, 0.6) is 5.75 Å². The molecule has 1 aliphatic rings. The van der Waals surface area contributed by atoms with Gasteiger partial charge in [0, 0.05) is 37.3 Å². The largest absolute Gasteiger partial charge is 0.472 e. The van der Waals surface area contributed by atoms with Gasteiger partial charge in [-0.1, -0.05) is 6.07 Å². The number of nitrogens with one attached hydrogen (secondary N) is 1. The zero-order valence-corrected chi connectivity index (χ0v) is 17.3. The number of piperidine rings is 1. The number of ether oxygens (including phenoxy) is 1. The molecule has 3 N–H and O–H groups in total. The van der Waals surface area contributed by atoms with Crippen LogP contribution in [0.2, 0.25) is 0 Å². The monoisotopic (exact) mass is 469 g/mol. The molecule has 1 atom stereocenters. The molecule has 0 amide bonds. The molecule has 2 aromatic heterocycles. The van der Waals surface area contributed by atoms with Gasteiger partial charge in [0.15, 0.2) is 11.6 Å². The second-order valence-corrected chi connectivity index (χ2v) is 7.72. The highest BCUT2D eigenvalue weighted by molar-refractivity contribution is 5.66. The fraction of sp³-hybridized carbons (Fsp3) is 0.391. The second-order valence-electron chi connectivity index (χ2n) is 7.72. The zero-order valence-electron chi connectivity index (χ0n) is 23.3. The number of hydrogen-bond donors (Lipinski definition) is 2. The second kappa shape index (κ2) is 9.01. The van der Waals surface area contributed by atoms with Crippen LogP contribution in [-0.4, -0.2) is 34.0 Å². The first-order valence-corrected chi connectivity index (χ1v) is 10.1. The molecule has 0 saturated carbocycles. The van der Waals surface area contributed by atoms with Crippen LogP contribution in [0, 0.1) is 19.5 Å². The maximum Gasteiger partial charge on any atom is 0.429 e. The first-order chi connectivity index (χ1) is 18.1. The number of alkyl halides is 3. The summed E-state index contributed by atoms with van der Waals surface area (Å²) in [6, 6.07) is 2.41. The van der Waals surface area contributed by atoms with Crippen molar-refractivity contribution in [2.75, 3.05) is 18.8 Å². The molecule has 4 rings (SSSR count). The van der Waals surface area contributed by atoms with Gasteiger partial charge in [-0.25, -0.2) is 9.37 Å². The van der Waals surface area contributed by atoms with Gasteiger partial charge in [0.1, 0.15) is 5.82 Å². The Bertz CT molecular complexity index is 1340. The van der Waals surface area contributed by atoms with Crippen molar-refractivity contribution in [1.29, 1.82) is 0 Å². The lowest BCUT2D eigenvalue weighted by Gasteiger charge is -2.26. The summed E-state index contributed by atoms with van der Waals surface area (Å²) in [5.41, 5.74) is 2.85.